The first kappa shape index (κ1) is 20.8. The Hall–Kier alpha value is -2.89. The molecule has 0 aromatic heterocycles. The summed E-state index contributed by atoms with van der Waals surface area (Å²) in [4.78, 5) is 16.8. The van der Waals surface area contributed by atoms with E-state index in [0.717, 1.165) is 30.3 Å². The zero-order valence-electron chi connectivity index (χ0n) is 17.8. The predicted molar refractivity (Wildman–Crippen MR) is 116 cm³/mol. The molecule has 1 N–H and O–H groups in total. The third-order valence-electron chi connectivity index (χ3n) is 5.55. The van der Waals surface area contributed by atoms with Crippen molar-refractivity contribution in [3.05, 3.63) is 54.1 Å². The van der Waals surface area contributed by atoms with Crippen LogP contribution in [0.4, 0.5) is 10.5 Å². The molecule has 6 nitrogen and oxygen atoms in total. The smallest absolute Gasteiger partial charge is 0.317 e. The van der Waals surface area contributed by atoms with Gasteiger partial charge in [0.1, 0.15) is 11.5 Å². The summed E-state index contributed by atoms with van der Waals surface area (Å²) in [5, 5.41) is 3.11. The van der Waals surface area contributed by atoms with Gasteiger partial charge in [-0.1, -0.05) is 38.1 Å². The van der Waals surface area contributed by atoms with Crippen LogP contribution < -0.4 is 19.7 Å². The first-order valence-corrected chi connectivity index (χ1v) is 10.00. The van der Waals surface area contributed by atoms with Gasteiger partial charge in [-0.3, -0.25) is 0 Å². The highest BCUT2D eigenvalue weighted by atomic mass is 16.5. The summed E-state index contributed by atoms with van der Waals surface area (Å²) in [5.74, 6) is 1.70. The standard InChI is InChI=1S/C23H31N3O3/c1-23(2,18-9-11-19(28-3)12-10-18)17-24-22(27)26-15-13-25(14-16-26)20-7-5-6-8-21(20)29-4/h5-12H,13-17H2,1-4H3,(H,24,27). The number of amides is 2. The minimum atomic E-state index is -0.166. The van der Waals surface area contributed by atoms with Crippen LogP contribution in [-0.2, 0) is 5.41 Å². The number of hydrogen-bond acceptors (Lipinski definition) is 4. The lowest BCUT2D eigenvalue weighted by molar-refractivity contribution is 0.192. The molecular formula is C23H31N3O3. The van der Waals surface area contributed by atoms with Gasteiger partial charge in [-0.15, -0.1) is 0 Å². The van der Waals surface area contributed by atoms with Crippen molar-refractivity contribution in [2.45, 2.75) is 19.3 Å². The molecule has 1 aliphatic rings. The molecule has 2 aromatic carbocycles. The zero-order chi connectivity index (χ0) is 20.9. The maximum Gasteiger partial charge on any atom is 0.317 e. The van der Waals surface area contributed by atoms with Gasteiger partial charge in [-0.05, 0) is 29.8 Å². The van der Waals surface area contributed by atoms with Gasteiger partial charge in [0.15, 0.2) is 0 Å². The molecular weight excluding hydrogens is 366 g/mol. The molecule has 2 aromatic rings. The van der Waals surface area contributed by atoms with E-state index in [1.54, 1.807) is 14.2 Å². The maximum absolute atomic E-state index is 12.7. The summed E-state index contributed by atoms with van der Waals surface area (Å²) in [6.45, 7) is 7.79. The number of para-hydroxylation sites is 2. The van der Waals surface area contributed by atoms with Crippen molar-refractivity contribution in [1.29, 1.82) is 0 Å². The molecule has 156 valence electrons. The van der Waals surface area contributed by atoms with Gasteiger partial charge in [0, 0.05) is 38.1 Å². The third-order valence-corrected chi connectivity index (χ3v) is 5.55. The number of carbonyl (C=O) groups excluding carboxylic acids is 1. The van der Waals surface area contributed by atoms with E-state index >= 15 is 0 Å². The maximum atomic E-state index is 12.7. The van der Waals surface area contributed by atoms with Crippen LogP contribution in [0, 0.1) is 0 Å². The van der Waals surface area contributed by atoms with Crippen molar-refractivity contribution >= 4 is 11.7 Å². The van der Waals surface area contributed by atoms with Crippen LogP contribution in [0.1, 0.15) is 19.4 Å². The number of anilines is 1. The van der Waals surface area contributed by atoms with E-state index in [2.05, 4.69) is 42.3 Å². The Bertz CT molecular complexity index is 812. The summed E-state index contributed by atoms with van der Waals surface area (Å²) < 4.78 is 10.7. The van der Waals surface area contributed by atoms with Gasteiger partial charge < -0.3 is 24.6 Å². The molecule has 0 aliphatic carbocycles. The first-order chi connectivity index (χ1) is 13.9. The number of ether oxygens (including phenoxy) is 2. The summed E-state index contributed by atoms with van der Waals surface area (Å²) in [6, 6.07) is 16.0. The van der Waals surface area contributed by atoms with Gasteiger partial charge in [0.2, 0.25) is 0 Å². The molecule has 0 bridgehead atoms. The minimum Gasteiger partial charge on any atom is -0.497 e. The second-order valence-electron chi connectivity index (χ2n) is 7.92. The highest BCUT2D eigenvalue weighted by Gasteiger charge is 2.26. The molecule has 0 radical (unpaired) electrons. The van der Waals surface area contributed by atoms with Crippen molar-refractivity contribution in [2.24, 2.45) is 0 Å². The second-order valence-corrected chi connectivity index (χ2v) is 7.92. The number of urea groups is 1. The van der Waals surface area contributed by atoms with E-state index in [0.29, 0.717) is 19.6 Å². The van der Waals surface area contributed by atoms with E-state index < -0.39 is 0 Å². The van der Waals surface area contributed by atoms with E-state index in [1.807, 2.05) is 35.2 Å². The fourth-order valence-electron chi connectivity index (χ4n) is 3.59. The second kappa shape index (κ2) is 9.07. The summed E-state index contributed by atoms with van der Waals surface area (Å²) in [6.07, 6.45) is 0. The Balaban J connectivity index is 1.53. The number of piperazine rings is 1. The van der Waals surface area contributed by atoms with E-state index in [-0.39, 0.29) is 11.4 Å². The van der Waals surface area contributed by atoms with Gasteiger partial charge in [-0.2, -0.15) is 0 Å². The number of rotatable bonds is 6. The SMILES string of the molecule is COc1ccc(C(C)(C)CNC(=O)N2CCN(c3ccccc3OC)CC2)cc1. The topological polar surface area (TPSA) is 54.0 Å². The van der Waals surface area contributed by atoms with Crippen molar-refractivity contribution in [1.82, 2.24) is 10.2 Å². The van der Waals surface area contributed by atoms with Gasteiger partial charge in [0.25, 0.3) is 0 Å². The fraction of sp³-hybridized carbons (Fsp3) is 0.435. The molecule has 6 heteroatoms. The number of benzene rings is 2. The molecule has 1 fully saturated rings. The van der Waals surface area contributed by atoms with Crippen LogP contribution in [0.15, 0.2) is 48.5 Å². The number of hydrogen-bond donors (Lipinski definition) is 1. The summed E-state index contributed by atoms with van der Waals surface area (Å²) >= 11 is 0. The average molecular weight is 398 g/mol. The molecule has 3 rings (SSSR count). The monoisotopic (exact) mass is 397 g/mol. The zero-order valence-corrected chi connectivity index (χ0v) is 17.8. The highest BCUT2D eigenvalue weighted by molar-refractivity contribution is 5.75. The average Bonchev–Trinajstić information content (AvgIpc) is 2.77. The third kappa shape index (κ3) is 4.94. The van der Waals surface area contributed by atoms with Crippen LogP contribution >= 0.6 is 0 Å². The van der Waals surface area contributed by atoms with Crippen LogP contribution in [0.5, 0.6) is 11.5 Å². The first-order valence-electron chi connectivity index (χ1n) is 10.00. The molecule has 1 heterocycles. The number of methoxy groups -OCH3 is 2. The Morgan fingerprint density at radius 2 is 1.62 bits per heavy atom. The van der Waals surface area contributed by atoms with E-state index in [1.165, 1.54) is 5.56 Å². The predicted octanol–water partition coefficient (Wildman–Crippen LogP) is 3.51. The van der Waals surface area contributed by atoms with E-state index in [9.17, 15) is 4.79 Å². The van der Waals surface area contributed by atoms with Crippen molar-refractivity contribution < 1.29 is 14.3 Å². The van der Waals surface area contributed by atoms with Gasteiger partial charge in [0.05, 0.1) is 19.9 Å². The molecule has 0 spiro atoms. The highest BCUT2D eigenvalue weighted by Crippen LogP contribution is 2.28. The van der Waals surface area contributed by atoms with Gasteiger partial charge >= 0.3 is 6.03 Å². The van der Waals surface area contributed by atoms with Gasteiger partial charge in [-0.25, -0.2) is 4.79 Å². The van der Waals surface area contributed by atoms with Crippen LogP contribution in [0.25, 0.3) is 0 Å². The van der Waals surface area contributed by atoms with Crippen LogP contribution in [0.2, 0.25) is 0 Å². The molecule has 1 aliphatic heterocycles. The lowest BCUT2D eigenvalue weighted by Crippen LogP contribution is -2.53. The van der Waals surface area contributed by atoms with Crippen LogP contribution in [-0.4, -0.2) is 57.9 Å². The van der Waals surface area contributed by atoms with Crippen molar-refractivity contribution in [3.63, 3.8) is 0 Å². The number of carbonyl (C=O) groups is 1. The normalized spacial score (nSPS) is 14.5. The Morgan fingerprint density at radius 1 is 0.966 bits per heavy atom. The molecule has 0 saturated carbocycles. The minimum absolute atomic E-state index is 0.00809. The number of nitrogens with zero attached hydrogens (tertiary/aromatic N) is 2. The molecule has 1 saturated heterocycles. The van der Waals surface area contributed by atoms with Crippen molar-refractivity contribution in [3.8, 4) is 11.5 Å². The summed E-state index contributed by atoms with van der Waals surface area (Å²) in [5.41, 5.74) is 2.08. The molecule has 2 amide bonds. The largest absolute Gasteiger partial charge is 0.497 e. The Labute approximate surface area is 173 Å². The summed E-state index contributed by atoms with van der Waals surface area (Å²) in [7, 11) is 3.35. The molecule has 0 unspecified atom stereocenters. The van der Waals surface area contributed by atoms with E-state index in [4.69, 9.17) is 9.47 Å². The van der Waals surface area contributed by atoms with Crippen molar-refractivity contribution in [2.75, 3.05) is 51.8 Å². The number of nitrogens with one attached hydrogen (secondary N) is 1. The quantitative estimate of drug-likeness (QED) is 0.810. The fourth-order valence-corrected chi connectivity index (χ4v) is 3.59. The Kier molecular flexibility index (Phi) is 6.52. The van der Waals surface area contributed by atoms with Crippen LogP contribution in [0.3, 0.4) is 0 Å². The molecule has 29 heavy (non-hydrogen) atoms. The lowest BCUT2D eigenvalue weighted by atomic mass is 9.84. The molecule has 0 atom stereocenters. The Morgan fingerprint density at radius 3 is 2.24 bits per heavy atom. The lowest BCUT2D eigenvalue weighted by Gasteiger charge is -2.37.